The molecule has 0 saturated carbocycles. The van der Waals surface area contributed by atoms with Crippen molar-refractivity contribution in [2.75, 3.05) is 11.5 Å². The number of nitrogens with zero attached hydrogens (tertiary/aromatic N) is 2. The number of rotatable bonds is 6. The fourth-order valence-corrected chi connectivity index (χ4v) is 2.04. The fraction of sp³-hybridized carbons (Fsp3) is 0.700. The molecule has 3 nitrogen and oxygen atoms in total. The number of thioether (sulfide) groups is 1. The number of nitrogens with two attached hydrogens (primary N) is 1. The smallest absolute Gasteiger partial charge is 0.126 e. The molecule has 0 aliphatic carbocycles. The second-order valence-electron chi connectivity index (χ2n) is 3.24. The molecular weight excluding hydrogens is 194 g/mol. The lowest BCUT2D eigenvalue weighted by atomic mass is 10.3. The minimum absolute atomic E-state index is 0.0708. The summed E-state index contributed by atoms with van der Waals surface area (Å²) in [5, 5.41) is 0. The molecule has 1 aromatic heterocycles. The minimum Gasteiger partial charge on any atom is -0.334 e. The van der Waals surface area contributed by atoms with Gasteiger partial charge in [0.15, 0.2) is 0 Å². The molecule has 1 atom stereocenters. The maximum atomic E-state index is 6.05. The summed E-state index contributed by atoms with van der Waals surface area (Å²) >= 11 is 1.86. The largest absolute Gasteiger partial charge is 0.334 e. The van der Waals surface area contributed by atoms with Gasteiger partial charge >= 0.3 is 0 Å². The van der Waals surface area contributed by atoms with Crippen molar-refractivity contribution in [2.45, 2.75) is 32.9 Å². The number of hydrogen-bond donors (Lipinski definition) is 1. The van der Waals surface area contributed by atoms with Gasteiger partial charge in [-0.05, 0) is 12.2 Å². The molecule has 4 heteroatoms. The number of hydrogen-bond acceptors (Lipinski definition) is 3. The van der Waals surface area contributed by atoms with Crippen LogP contribution in [0.5, 0.6) is 0 Å². The Morgan fingerprint density at radius 2 is 2.36 bits per heavy atom. The van der Waals surface area contributed by atoms with Gasteiger partial charge < -0.3 is 10.3 Å². The zero-order valence-electron chi connectivity index (χ0n) is 8.94. The van der Waals surface area contributed by atoms with Gasteiger partial charge in [0.25, 0.3) is 0 Å². The van der Waals surface area contributed by atoms with E-state index in [0.29, 0.717) is 0 Å². The highest BCUT2D eigenvalue weighted by Gasteiger charge is 2.11. The third kappa shape index (κ3) is 3.03. The molecule has 0 aromatic carbocycles. The highest BCUT2D eigenvalue weighted by molar-refractivity contribution is 7.99. The van der Waals surface area contributed by atoms with Crippen LogP contribution in [0.25, 0.3) is 0 Å². The second kappa shape index (κ2) is 6.09. The quantitative estimate of drug-likeness (QED) is 0.786. The van der Waals surface area contributed by atoms with Crippen molar-refractivity contribution in [3.05, 3.63) is 18.2 Å². The van der Waals surface area contributed by atoms with Gasteiger partial charge in [-0.2, -0.15) is 11.8 Å². The summed E-state index contributed by atoms with van der Waals surface area (Å²) in [5.41, 5.74) is 6.05. The van der Waals surface area contributed by atoms with Crippen molar-refractivity contribution in [3.8, 4) is 0 Å². The number of aromatic nitrogens is 2. The van der Waals surface area contributed by atoms with E-state index in [1.54, 1.807) is 0 Å². The summed E-state index contributed by atoms with van der Waals surface area (Å²) in [5.74, 6) is 3.09. The lowest BCUT2D eigenvalue weighted by molar-refractivity contribution is 0.603. The van der Waals surface area contributed by atoms with E-state index in [1.807, 2.05) is 24.2 Å². The average molecular weight is 213 g/mol. The van der Waals surface area contributed by atoms with Gasteiger partial charge in [0, 0.05) is 24.7 Å². The standard InChI is InChI=1S/C10H19N3S/c1-3-6-13-7-5-12-10(13)9(11)8-14-4-2/h5,7,9H,3-4,6,8,11H2,1-2H3. The van der Waals surface area contributed by atoms with Crippen molar-refractivity contribution in [1.29, 1.82) is 0 Å². The van der Waals surface area contributed by atoms with Gasteiger partial charge in [0.1, 0.15) is 5.82 Å². The van der Waals surface area contributed by atoms with Crippen LogP contribution in [0.4, 0.5) is 0 Å². The first-order valence-electron chi connectivity index (χ1n) is 5.13. The first-order chi connectivity index (χ1) is 6.79. The summed E-state index contributed by atoms with van der Waals surface area (Å²) in [7, 11) is 0. The lowest BCUT2D eigenvalue weighted by Gasteiger charge is -2.12. The predicted octanol–water partition coefficient (Wildman–Crippen LogP) is 2.05. The van der Waals surface area contributed by atoms with E-state index in [4.69, 9.17) is 5.73 Å². The van der Waals surface area contributed by atoms with Crippen molar-refractivity contribution in [1.82, 2.24) is 9.55 Å². The van der Waals surface area contributed by atoms with Gasteiger partial charge in [-0.3, -0.25) is 0 Å². The number of imidazole rings is 1. The third-order valence-electron chi connectivity index (χ3n) is 2.05. The molecule has 0 aliphatic rings. The summed E-state index contributed by atoms with van der Waals surface area (Å²) in [4.78, 5) is 4.31. The average Bonchev–Trinajstić information content (AvgIpc) is 2.63. The molecule has 0 saturated heterocycles. The molecule has 0 amide bonds. The first kappa shape index (κ1) is 11.6. The van der Waals surface area contributed by atoms with Crippen LogP contribution in [0, 0.1) is 0 Å². The van der Waals surface area contributed by atoms with E-state index in [9.17, 15) is 0 Å². The number of aryl methyl sites for hydroxylation is 1. The molecule has 1 unspecified atom stereocenters. The summed E-state index contributed by atoms with van der Waals surface area (Å²) in [6.07, 6.45) is 4.97. The van der Waals surface area contributed by atoms with Crippen LogP contribution in [0.1, 0.15) is 32.1 Å². The maximum Gasteiger partial charge on any atom is 0.126 e. The van der Waals surface area contributed by atoms with Gasteiger partial charge in [-0.15, -0.1) is 0 Å². The molecule has 2 N–H and O–H groups in total. The van der Waals surface area contributed by atoms with Crippen LogP contribution in [0.3, 0.4) is 0 Å². The van der Waals surface area contributed by atoms with Gasteiger partial charge in [-0.1, -0.05) is 13.8 Å². The lowest BCUT2D eigenvalue weighted by Crippen LogP contribution is -2.19. The van der Waals surface area contributed by atoms with E-state index in [0.717, 1.165) is 30.3 Å². The molecule has 14 heavy (non-hydrogen) atoms. The molecule has 0 bridgehead atoms. The Morgan fingerprint density at radius 1 is 1.57 bits per heavy atom. The second-order valence-corrected chi connectivity index (χ2v) is 4.56. The molecular formula is C10H19N3S. The Bertz CT molecular complexity index is 260. The summed E-state index contributed by atoms with van der Waals surface area (Å²) < 4.78 is 2.15. The van der Waals surface area contributed by atoms with Crippen molar-refractivity contribution in [2.24, 2.45) is 5.73 Å². The van der Waals surface area contributed by atoms with Gasteiger partial charge in [0.2, 0.25) is 0 Å². The SMILES string of the molecule is CCCn1ccnc1C(N)CSCC. The van der Waals surface area contributed by atoms with Crippen molar-refractivity contribution >= 4 is 11.8 Å². The van der Waals surface area contributed by atoms with E-state index in [2.05, 4.69) is 23.4 Å². The Hall–Kier alpha value is -0.480. The van der Waals surface area contributed by atoms with E-state index >= 15 is 0 Å². The van der Waals surface area contributed by atoms with Crippen LogP contribution in [-0.2, 0) is 6.54 Å². The van der Waals surface area contributed by atoms with E-state index < -0.39 is 0 Å². The van der Waals surface area contributed by atoms with Crippen molar-refractivity contribution in [3.63, 3.8) is 0 Å². The van der Waals surface area contributed by atoms with Crippen LogP contribution in [-0.4, -0.2) is 21.1 Å². The molecule has 1 heterocycles. The summed E-state index contributed by atoms with van der Waals surface area (Å²) in [6, 6.07) is 0.0708. The van der Waals surface area contributed by atoms with Crippen LogP contribution in [0.15, 0.2) is 12.4 Å². The van der Waals surface area contributed by atoms with Crippen LogP contribution < -0.4 is 5.73 Å². The van der Waals surface area contributed by atoms with Crippen molar-refractivity contribution < 1.29 is 0 Å². The van der Waals surface area contributed by atoms with Crippen LogP contribution >= 0.6 is 11.8 Å². The third-order valence-corrected chi connectivity index (χ3v) is 3.05. The molecule has 0 aliphatic heterocycles. The maximum absolute atomic E-state index is 6.05. The normalized spacial score (nSPS) is 13.1. The van der Waals surface area contributed by atoms with Crippen LogP contribution in [0.2, 0.25) is 0 Å². The molecule has 0 fully saturated rings. The zero-order chi connectivity index (χ0) is 10.4. The molecule has 0 spiro atoms. The van der Waals surface area contributed by atoms with Gasteiger partial charge in [0.05, 0.1) is 6.04 Å². The van der Waals surface area contributed by atoms with E-state index in [1.165, 1.54) is 0 Å². The highest BCUT2D eigenvalue weighted by atomic mass is 32.2. The molecule has 80 valence electrons. The summed E-state index contributed by atoms with van der Waals surface area (Å²) in [6.45, 7) is 5.33. The minimum atomic E-state index is 0.0708. The molecule has 1 aromatic rings. The Balaban J connectivity index is 2.58. The highest BCUT2D eigenvalue weighted by Crippen LogP contribution is 2.14. The monoisotopic (exact) mass is 213 g/mol. The predicted molar refractivity (Wildman–Crippen MR) is 62.4 cm³/mol. The molecule has 0 radical (unpaired) electrons. The molecule has 1 rings (SSSR count). The van der Waals surface area contributed by atoms with E-state index in [-0.39, 0.29) is 6.04 Å². The fourth-order valence-electron chi connectivity index (χ4n) is 1.40. The Morgan fingerprint density at radius 3 is 3.00 bits per heavy atom. The van der Waals surface area contributed by atoms with Gasteiger partial charge in [-0.25, -0.2) is 4.98 Å². The Labute approximate surface area is 90.1 Å². The zero-order valence-corrected chi connectivity index (χ0v) is 9.76. The Kier molecular flexibility index (Phi) is 5.04. The topological polar surface area (TPSA) is 43.8 Å². The first-order valence-corrected chi connectivity index (χ1v) is 6.29.